The summed E-state index contributed by atoms with van der Waals surface area (Å²) in [7, 11) is 0. The molecular weight excluding hydrogens is 391 g/mol. The van der Waals surface area contributed by atoms with E-state index in [4.69, 9.17) is 4.74 Å². The summed E-state index contributed by atoms with van der Waals surface area (Å²) in [4.78, 5) is 19.8. The van der Waals surface area contributed by atoms with Gasteiger partial charge in [0.05, 0.1) is 23.1 Å². The molecule has 0 aliphatic carbocycles. The maximum absolute atomic E-state index is 12.3. The van der Waals surface area contributed by atoms with Gasteiger partial charge in [0.1, 0.15) is 11.6 Å². The first-order valence-electron chi connectivity index (χ1n) is 7.11. The monoisotopic (exact) mass is 406 g/mol. The number of H-pyrrole nitrogens is 1. The Bertz CT molecular complexity index is 874. The summed E-state index contributed by atoms with van der Waals surface area (Å²) < 4.78 is 6.71. The standard InChI is InChI=1S/C17H15IN2O2/c1-2-10-22-14-9-4-3-6-11(14)16-19-15-12(17(21)20-16)7-5-8-13(15)18/h3-9H,2,10H2,1H3,(H,19,20,21). The number of nitrogens with zero attached hydrogens (tertiary/aromatic N) is 1. The Kier molecular flexibility index (Phi) is 4.42. The second kappa shape index (κ2) is 6.48. The Morgan fingerprint density at radius 3 is 2.82 bits per heavy atom. The fourth-order valence-electron chi connectivity index (χ4n) is 2.25. The number of benzene rings is 2. The summed E-state index contributed by atoms with van der Waals surface area (Å²) in [6, 6.07) is 13.2. The van der Waals surface area contributed by atoms with Crippen LogP contribution in [-0.4, -0.2) is 16.6 Å². The second-order valence-electron chi connectivity index (χ2n) is 4.90. The lowest BCUT2D eigenvalue weighted by atomic mass is 10.1. The van der Waals surface area contributed by atoms with Gasteiger partial charge in [-0.1, -0.05) is 25.1 Å². The summed E-state index contributed by atoms with van der Waals surface area (Å²) in [6.45, 7) is 2.69. The van der Waals surface area contributed by atoms with Crippen molar-refractivity contribution in [3.8, 4) is 17.1 Å². The van der Waals surface area contributed by atoms with Gasteiger partial charge in [-0.2, -0.15) is 0 Å². The Hall–Kier alpha value is -1.89. The molecule has 3 aromatic rings. The van der Waals surface area contributed by atoms with Gasteiger partial charge in [-0.3, -0.25) is 4.79 Å². The van der Waals surface area contributed by atoms with Crippen molar-refractivity contribution in [3.05, 3.63) is 56.4 Å². The number of rotatable bonds is 4. The van der Waals surface area contributed by atoms with E-state index in [1.807, 2.05) is 36.4 Å². The van der Waals surface area contributed by atoms with Crippen LogP contribution in [0.1, 0.15) is 13.3 Å². The second-order valence-corrected chi connectivity index (χ2v) is 6.06. The lowest BCUT2D eigenvalue weighted by molar-refractivity contribution is 0.318. The van der Waals surface area contributed by atoms with Crippen molar-refractivity contribution in [2.45, 2.75) is 13.3 Å². The van der Waals surface area contributed by atoms with Crippen LogP contribution < -0.4 is 10.3 Å². The smallest absolute Gasteiger partial charge is 0.259 e. The molecule has 112 valence electrons. The molecule has 0 unspecified atom stereocenters. The first kappa shape index (κ1) is 15.0. The quantitative estimate of drug-likeness (QED) is 0.667. The predicted octanol–water partition coefficient (Wildman–Crippen LogP) is 3.98. The Labute approximate surface area is 141 Å². The Morgan fingerprint density at radius 1 is 1.18 bits per heavy atom. The van der Waals surface area contributed by atoms with Crippen molar-refractivity contribution in [1.29, 1.82) is 0 Å². The van der Waals surface area contributed by atoms with Gasteiger partial charge in [-0.25, -0.2) is 4.98 Å². The fourth-order valence-corrected chi connectivity index (χ4v) is 2.87. The molecule has 0 aliphatic heterocycles. The molecule has 1 aromatic heterocycles. The number of hydrogen-bond acceptors (Lipinski definition) is 3. The topological polar surface area (TPSA) is 55.0 Å². The van der Waals surface area contributed by atoms with Crippen molar-refractivity contribution in [2.75, 3.05) is 6.61 Å². The molecule has 0 saturated heterocycles. The minimum absolute atomic E-state index is 0.135. The van der Waals surface area contributed by atoms with Crippen molar-refractivity contribution in [3.63, 3.8) is 0 Å². The molecule has 0 bridgehead atoms. The number of fused-ring (bicyclic) bond motifs is 1. The van der Waals surface area contributed by atoms with Gasteiger partial charge in [-0.15, -0.1) is 0 Å². The van der Waals surface area contributed by atoms with Crippen LogP contribution in [0.5, 0.6) is 5.75 Å². The summed E-state index contributed by atoms with van der Waals surface area (Å²) in [5.74, 6) is 1.27. The number of hydrogen-bond donors (Lipinski definition) is 1. The van der Waals surface area contributed by atoms with Gasteiger partial charge >= 0.3 is 0 Å². The number of aromatic nitrogens is 2. The largest absolute Gasteiger partial charge is 0.493 e. The van der Waals surface area contributed by atoms with Crippen LogP contribution in [0.3, 0.4) is 0 Å². The number of para-hydroxylation sites is 2. The molecule has 3 rings (SSSR count). The molecule has 0 saturated carbocycles. The predicted molar refractivity (Wildman–Crippen MR) is 96.3 cm³/mol. The highest BCUT2D eigenvalue weighted by Gasteiger charge is 2.11. The molecular formula is C17H15IN2O2. The molecule has 0 radical (unpaired) electrons. The SMILES string of the molecule is CCCOc1ccccc1-c1nc2c(I)cccc2c(=O)[nH]1. The van der Waals surface area contributed by atoms with Gasteiger partial charge in [0.2, 0.25) is 0 Å². The number of halogens is 1. The molecule has 2 aromatic carbocycles. The summed E-state index contributed by atoms with van der Waals surface area (Å²) in [5, 5.41) is 0.600. The lowest BCUT2D eigenvalue weighted by Gasteiger charge is -2.11. The van der Waals surface area contributed by atoms with E-state index in [1.165, 1.54) is 0 Å². The Balaban J connectivity index is 2.19. The first-order chi connectivity index (χ1) is 10.7. The molecule has 5 heteroatoms. The number of aromatic amines is 1. The van der Waals surface area contributed by atoms with E-state index in [0.717, 1.165) is 21.3 Å². The molecule has 4 nitrogen and oxygen atoms in total. The van der Waals surface area contributed by atoms with E-state index in [2.05, 4.69) is 39.5 Å². The van der Waals surface area contributed by atoms with Crippen LogP contribution in [0, 0.1) is 3.57 Å². The third kappa shape index (κ3) is 2.85. The normalized spacial score (nSPS) is 10.8. The van der Waals surface area contributed by atoms with Crippen molar-refractivity contribution in [2.24, 2.45) is 0 Å². The molecule has 0 spiro atoms. The highest BCUT2D eigenvalue weighted by molar-refractivity contribution is 14.1. The third-order valence-corrected chi connectivity index (χ3v) is 4.16. The van der Waals surface area contributed by atoms with Crippen LogP contribution in [0.25, 0.3) is 22.3 Å². The lowest BCUT2D eigenvalue weighted by Crippen LogP contribution is -2.10. The zero-order valence-electron chi connectivity index (χ0n) is 12.1. The molecule has 1 heterocycles. The van der Waals surface area contributed by atoms with Gasteiger partial charge in [0.25, 0.3) is 5.56 Å². The van der Waals surface area contributed by atoms with Crippen molar-refractivity contribution < 1.29 is 4.74 Å². The van der Waals surface area contributed by atoms with Crippen LogP contribution in [0.15, 0.2) is 47.3 Å². The average Bonchev–Trinajstić information content (AvgIpc) is 2.54. The minimum Gasteiger partial charge on any atom is -0.493 e. The van der Waals surface area contributed by atoms with Crippen LogP contribution >= 0.6 is 22.6 Å². The van der Waals surface area contributed by atoms with Gasteiger partial charge < -0.3 is 9.72 Å². The maximum atomic E-state index is 12.3. The van der Waals surface area contributed by atoms with Crippen LogP contribution in [0.4, 0.5) is 0 Å². The number of ether oxygens (including phenoxy) is 1. The minimum atomic E-state index is -0.135. The molecule has 0 amide bonds. The molecule has 0 atom stereocenters. The highest BCUT2D eigenvalue weighted by Crippen LogP contribution is 2.28. The van der Waals surface area contributed by atoms with E-state index < -0.39 is 0 Å². The summed E-state index contributed by atoms with van der Waals surface area (Å²) in [6.07, 6.45) is 0.925. The van der Waals surface area contributed by atoms with E-state index in [-0.39, 0.29) is 5.56 Å². The van der Waals surface area contributed by atoms with Gasteiger partial charge in [0.15, 0.2) is 0 Å². The molecule has 0 aliphatic rings. The third-order valence-electron chi connectivity index (χ3n) is 3.29. The van der Waals surface area contributed by atoms with E-state index >= 15 is 0 Å². The zero-order valence-corrected chi connectivity index (χ0v) is 14.3. The van der Waals surface area contributed by atoms with Crippen molar-refractivity contribution >= 4 is 33.5 Å². The average molecular weight is 406 g/mol. The van der Waals surface area contributed by atoms with Crippen LogP contribution in [0.2, 0.25) is 0 Å². The van der Waals surface area contributed by atoms with Gasteiger partial charge in [0, 0.05) is 3.57 Å². The van der Waals surface area contributed by atoms with Gasteiger partial charge in [-0.05, 0) is 53.3 Å². The van der Waals surface area contributed by atoms with E-state index in [1.54, 1.807) is 6.07 Å². The van der Waals surface area contributed by atoms with E-state index in [9.17, 15) is 4.79 Å². The highest BCUT2D eigenvalue weighted by atomic mass is 127. The fraction of sp³-hybridized carbons (Fsp3) is 0.176. The van der Waals surface area contributed by atoms with Crippen LogP contribution in [-0.2, 0) is 0 Å². The van der Waals surface area contributed by atoms with Crippen molar-refractivity contribution in [1.82, 2.24) is 9.97 Å². The molecule has 0 fully saturated rings. The molecule has 1 N–H and O–H groups in total. The zero-order chi connectivity index (χ0) is 15.5. The Morgan fingerprint density at radius 2 is 2.00 bits per heavy atom. The summed E-state index contributed by atoms with van der Waals surface area (Å²) in [5.41, 5.74) is 1.38. The maximum Gasteiger partial charge on any atom is 0.259 e. The van der Waals surface area contributed by atoms with E-state index in [0.29, 0.717) is 23.3 Å². The summed E-state index contributed by atoms with van der Waals surface area (Å²) >= 11 is 2.20. The molecule has 22 heavy (non-hydrogen) atoms. The number of nitrogens with one attached hydrogen (secondary N) is 1. The first-order valence-corrected chi connectivity index (χ1v) is 8.19.